The monoisotopic (exact) mass is 448 g/mol. The number of rotatable bonds is 5. The minimum Gasteiger partial charge on any atom is -0.466 e. The molecule has 0 saturated carbocycles. The Bertz CT molecular complexity index is 1020. The van der Waals surface area contributed by atoms with Gasteiger partial charge >= 0.3 is 5.97 Å². The van der Waals surface area contributed by atoms with Crippen LogP contribution in [0, 0.1) is 5.82 Å². The summed E-state index contributed by atoms with van der Waals surface area (Å²) in [5.41, 5.74) is 1.86. The van der Waals surface area contributed by atoms with E-state index in [4.69, 9.17) is 21.3 Å². The third-order valence-electron chi connectivity index (χ3n) is 5.65. The first-order chi connectivity index (χ1) is 14.4. The fraction of sp³-hybridized carbons (Fsp3) is 0.381. The Balaban J connectivity index is 1.90. The Kier molecular flexibility index (Phi) is 5.90. The number of carbonyl (C=O) groups excluding carboxylic acids is 1. The van der Waals surface area contributed by atoms with Gasteiger partial charge in [0.05, 0.1) is 12.7 Å². The molecule has 1 aromatic carbocycles. The van der Waals surface area contributed by atoms with E-state index in [2.05, 4.69) is 28.8 Å². The van der Waals surface area contributed by atoms with Crippen molar-refractivity contribution in [3.05, 3.63) is 62.5 Å². The molecule has 0 aliphatic carbocycles. The number of hydrogen-bond acceptors (Lipinski definition) is 7. The molecule has 2 aliphatic heterocycles. The highest BCUT2D eigenvalue weighted by molar-refractivity contribution is 7.11. The predicted molar refractivity (Wildman–Crippen MR) is 115 cm³/mol. The quantitative estimate of drug-likeness (QED) is 0.649. The maximum absolute atomic E-state index is 13.7. The van der Waals surface area contributed by atoms with Crippen LogP contribution in [0.5, 0.6) is 0 Å². The number of carbonyl (C=O) groups is 1. The third kappa shape index (κ3) is 3.64. The molecule has 9 heteroatoms. The average molecular weight is 449 g/mol. The summed E-state index contributed by atoms with van der Waals surface area (Å²) in [7, 11) is 3.42. The van der Waals surface area contributed by atoms with Gasteiger partial charge in [-0.15, -0.1) is 11.3 Å². The molecule has 1 fully saturated rings. The highest BCUT2D eigenvalue weighted by Crippen LogP contribution is 2.43. The Labute approximate surface area is 183 Å². The van der Waals surface area contributed by atoms with Crippen LogP contribution in [0.3, 0.4) is 0 Å². The van der Waals surface area contributed by atoms with Gasteiger partial charge in [0.1, 0.15) is 11.9 Å². The molecule has 2 aliphatic rings. The van der Waals surface area contributed by atoms with E-state index in [1.165, 1.54) is 30.6 Å². The molecule has 0 radical (unpaired) electrons. The molecule has 30 heavy (non-hydrogen) atoms. The SMILES string of the molecule is CCN(C)[C@H]1CC2=C(C(=O)OC)[C@H](c3ccc(F)cc3Cl)N=C(c3nccs3)N2C1. The minimum absolute atomic E-state index is 0.220. The molecule has 2 atom stereocenters. The number of amidine groups is 1. The first-order valence-electron chi connectivity index (χ1n) is 9.66. The summed E-state index contributed by atoms with van der Waals surface area (Å²) in [6.07, 6.45) is 2.40. The lowest BCUT2D eigenvalue weighted by molar-refractivity contribution is -0.136. The van der Waals surface area contributed by atoms with Crippen molar-refractivity contribution in [3.8, 4) is 0 Å². The zero-order valence-corrected chi connectivity index (χ0v) is 18.5. The molecule has 0 amide bonds. The van der Waals surface area contributed by atoms with Crippen molar-refractivity contribution in [2.24, 2.45) is 4.99 Å². The maximum atomic E-state index is 13.7. The molecular formula is C21H22ClFN4O2S. The Hall–Kier alpha value is -2.29. The van der Waals surface area contributed by atoms with E-state index in [-0.39, 0.29) is 11.1 Å². The first kappa shape index (κ1) is 21.0. The fourth-order valence-corrected chi connectivity index (χ4v) is 4.86. The van der Waals surface area contributed by atoms with Crippen molar-refractivity contribution in [2.75, 3.05) is 27.2 Å². The summed E-state index contributed by atoms with van der Waals surface area (Å²) in [6, 6.07) is 3.67. The number of esters is 1. The number of hydrogen-bond donors (Lipinski definition) is 0. The lowest BCUT2D eigenvalue weighted by atomic mass is 9.94. The molecule has 158 valence electrons. The molecule has 0 unspecified atom stereocenters. The molecule has 0 N–H and O–H groups in total. The van der Waals surface area contributed by atoms with Crippen molar-refractivity contribution in [3.63, 3.8) is 0 Å². The highest BCUT2D eigenvalue weighted by Gasteiger charge is 2.43. The van der Waals surface area contributed by atoms with Crippen LogP contribution in [-0.2, 0) is 9.53 Å². The topological polar surface area (TPSA) is 58.0 Å². The summed E-state index contributed by atoms with van der Waals surface area (Å²) in [6.45, 7) is 3.68. The standard InChI is InChI=1S/C21H22ClFN4O2S/c1-4-26(2)13-10-16-17(21(28)29-3)18(14-6-5-12(23)9-15(14)22)25-19(27(16)11-13)20-24-7-8-30-20/h5-9,13,18H,4,10-11H2,1-3H3/t13-,18-/m0/s1. The van der Waals surface area contributed by atoms with Crippen LogP contribution in [0.1, 0.15) is 30.0 Å². The zero-order valence-electron chi connectivity index (χ0n) is 16.9. The number of likely N-dealkylation sites (N-methyl/N-ethyl adjacent to an activating group) is 1. The van der Waals surface area contributed by atoms with Gasteiger partial charge in [-0.3, -0.25) is 4.99 Å². The molecule has 4 rings (SSSR count). The summed E-state index contributed by atoms with van der Waals surface area (Å²) in [5, 5.41) is 2.88. The van der Waals surface area contributed by atoms with Crippen molar-refractivity contribution in [1.82, 2.24) is 14.8 Å². The van der Waals surface area contributed by atoms with Crippen molar-refractivity contribution >= 4 is 34.7 Å². The number of methoxy groups -OCH3 is 1. The highest BCUT2D eigenvalue weighted by atomic mass is 35.5. The lowest BCUT2D eigenvalue weighted by Crippen LogP contribution is -2.38. The van der Waals surface area contributed by atoms with Gasteiger partial charge < -0.3 is 14.5 Å². The number of fused-ring (bicyclic) bond motifs is 1. The number of halogens is 2. The molecule has 3 heterocycles. The van der Waals surface area contributed by atoms with Crippen LogP contribution in [0.25, 0.3) is 0 Å². The Morgan fingerprint density at radius 1 is 1.47 bits per heavy atom. The van der Waals surface area contributed by atoms with Crippen molar-refractivity contribution in [1.29, 1.82) is 0 Å². The number of nitrogens with zero attached hydrogens (tertiary/aromatic N) is 4. The van der Waals surface area contributed by atoms with Crippen LogP contribution < -0.4 is 0 Å². The summed E-state index contributed by atoms with van der Waals surface area (Å²) >= 11 is 7.86. The van der Waals surface area contributed by atoms with E-state index in [0.717, 1.165) is 17.2 Å². The molecule has 6 nitrogen and oxygen atoms in total. The van der Waals surface area contributed by atoms with E-state index in [9.17, 15) is 9.18 Å². The van der Waals surface area contributed by atoms with Crippen LogP contribution in [0.2, 0.25) is 5.02 Å². The summed E-state index contributed by atoms with van der Waals surface area (Å²) < 4.78 is 18.8. The minimum atomic E-state index is -0.693. The molecule has 0 spiro atoms. The number of aliphatic imine (C=N–C) groups is 1. The van der Waals surface area contributed by atoms with E-state index < -0.39 is 17.8 Å². The second-order valence-corrected chi connectivity index (χ2v) is 8.55. The van der Waals surface area contributed by atoms with Gasteiger partial charge in [-0.05, 0) is 25.7 Å². The zero-order chi connectivity index (χ0) is 21.4. The van der Waals surface area contributed by atoms with Crippen molar-refractivity contribution in [2.45, 2.75) is 25.4 Å². The van der Waals surface area contributed by atoms with Crippen molar-refractivity contribution < 1.29 is 13.9 Å². The molecule has 2 aromatic rings. The maximum Gasteiger partial charge on any atom is 0.338 e. The van der Waals surface area contributed by atoms with E-state index >= 15 is 0 Å². The van der Waals surface area contributed by atoms with Crippen LogP contribution in [0.4, 0.5) is 4.39 Å². The Morgan fingerprint density at radius 3 is 2.90 bits per heavy atom. The van der Waals surface area contributed by atoms with Crippen LogP contribution in [0.15, 0.2) is 46.0 Å². The fourth-order valence-electron chi connectivity index (χ4n) is 3.95. The molecule has 0 bridgehead atoms. The van der Waals surface area contributed by atoms with Gasteiger partial charge in [-0.2, -0.15) is 0 Å². The van der Waals surface area contributed by atoms with Gasteiger partial charge in [-0.1, -0.05) is 24.6 Å². The predicted octanol–water partition coefficient (Wildman–Crippen LogP) is 3.89. The van der Waals surface area contributed by atoms with Gasteiger partial charge in [0, 0.05) is 46.9 Å². The number of benzene rings is 1. The average Bonchev–Trinajstić information content (AvgIpc) is 3.42. The number of ether oxygens (including phenoxy) is 1. The Morgan fingerprint density at radius 2 is 2.27 bits per heavy atom. The van der Waals surface area contributed by atoms with Gasteiger partial charge in [0.15, 0.2) is 10.8 Å². The first-order valence-corrected chi connectivity index (χ1v) is 10.9. The molecule has 1 aromatic heterocycles. The third-order valence-corrected chi connectivity index (χ3v) is 6.74. The second-order valence-electron chi connectivity index (χ2n) is 7.25. The molecular weight excluding hydrogens is 427 g/mol. The smallest absolute Gasteiger partial charge is 0.338 e. The van der Waals surface area contributed by atoms with Gasteiger partial charge in [0.25, 0.3) is 0 Å². The molecule has 1 saturated heterocycles. The van der Waals surface area contributed by atoms with Gasteiger partial charge in [0.2, 0.25) is 0 Å². The summed E-state index contributed by atoms with van der Waals surface area (Å²) in [4.78, 5) is 26.6. The van der Waals surface area contributed by atoms with E-state index in [1.807, 2.05) is 5.38 Å². The second kappa shape index (κ2) is 8.45. The number of thiazole rings is 1. The van der Waals surface area contributed by atoms with Crippen LogP contribution >= 0.6 is 22.9 Å². The largest absolute Gasteiger partial charge is 0.466 e. The normalized spacial score (nSPS) is 21.1. The summed E-state index contributed by atoms with van der Waals surface area (Å²) in [5.74, 6) is -0.199. The van der Waals surface area contributed by atoms with E-state index in [0.29, 0.717) is 29.9 Å². The number of aromatic nitrogens is 1. The lowest BCUT2D eigenvalue weighted by Gasteiger charge is -2.31. The van der Waals surface area contributed by atoms with E-state index in [1.54, 1.807) is 12.3 Å². The van der Waals surface area contributed by atoms with Crippen LogP contribution in [-0.4, -0.2) is 59.9 Å². The van der Waals surface area contributed by atoms with Gasteiger partial charge in [-0.25, -0.2) is 14.2 Å².